The first-order valence-corrected chi connectivity index (χ1v) is 6.78. The molecule has 1 heterocycles. The van der Waals surface area contributed by atoms with Crippen LogP contribution in [0.25, 0.3) is 0 Å². The van der Waals surface area contributed by atoms with Gasteiger partial charge in [-0.05, 0) is 6.07 Å². The zero-order chi connectivity index (χ0) is 14.1. The Morgan fingerprint density at radius 3 is 2.95 bits per heavy atom. The highest BCUT2D eigenvalue weighted by Crippen LogP contribution is 2.13. The van der Waals surface area contributed by atoms with Crippen LogP contribution in [0.2, 0.25) is 0 Å². The van der Waals surface area contributed by atoms with Gasteiger partial charge in [0.2, 0.25) is 0 Å². The maximum absolute atomic E-state index is 5.55. The number of hydrogen-bond acceptors (Lipinski definition) is 4. The Labute approximate surface area is 116 Å². The van der Waals surface area contributed by atoms with Gasteiger partial charge in [-0.15, -0.1) is 6.58 Å². The normalized spacial score (nSPS) is 11.4. The summed E-state index contributed by atoms with van der Waals surface area (Å²) >= 11 is 0. The van der Waals surface area contributed by atoms with Gasteiger partial charge in [-0.3, -0.25) is 4.90 Å². The van der Waals surface area contributed by atoms with Crippen molar-refractivity contribution >= 4 is 0 Å². The molecule has 0 spiro atoms. The largest absolute Gasteiger partial charge is 0.468 e. The molecule has 1 aromatic heterocycles. The van der Waals surface area contributed by atoms with Crippen LogP contribution in [-0.4, -0.2) is 37.7 Å². The Bertz CT molecular complexity index is 361. The summed E-state index contributed by atoms with van der Waals surface area (Å²) in [7, 11) is 1.72. The van der Waals surface area contributed by atoms with E-state index in [1.807, 2.05) is 12.1 Å². The minimum Gasteiger partial charge on any atom is -0.468 e. The van der Waals surface area contributed by atoms with Crippen molar-refractivity contribution < 1.29 is 9.15 Å². The first kappa shape index (κ1) is 16.0. The summed E-state index contributed by atoms with van der Waals surface area (Å²) in [6.07, 6.45) is 3.68. The van der Waals surface area contributed by atoms with E-state index in [0.29, 0.717) is 6.04 Å². The van der Waals surface area contributed by atoms with E-state index in [0.717, 1.165) is 38.5 Å². The molecule has 0 unspecified atom stereocenters. The molecule has 1 aromatic rings. The van der Waals surface area contributed by atoms with Crippen LogP contribution < -0.4 is 5.32 Å². The maximum Gasteiger partial charge on any atom is 0.122 e. The lowest BCUT2D eigenvalue weighted by Crippen LogP contribution is -2.28. The van der Waals surface area contributed by atoms with Gasteiger partial charge in [0.25, 0.3) is 0 Å². The number of nitrogens with zero attached hydrogens (tertiary/aromatic N) is 1. The molecule has 4 heteroatoms. The molecule has 0 bridgehead atoms. The lowest BCUT2D eigenvalue weighted by Gasteiger charge is -2.20. The van der Waals surface area contributed by atoms with E-state index >= 15 is 0 Å². The third kappa shape index (κ3) is 6.05. The van der Waals surface area contributed by atoms with Crippen molar-refractivity contribution in [1.29, 1.82) is 0 Å². The monoisotopic (exact) mass is 266 g/mol. The molecule has 0 aliphatic rings. The van der Waals surface area contributed by atoms with Gasteiger partial charge in [-0.2, -0.15) is 0 Å². The second-order valence-electron chi connectivity index (χ2n) is 4.92. The zero-order valence-corrected chi connectivity index (χ0v) is 12.3. The summed E-state index contributed by atoms with van der Waals surface area (Å²) in [6.45, 7) is 12.2. The maximum atomic E-state index is 5.55. The van der Waals surface area contributed by atoms with Crippen molar-refractivity contribution in [2.75, 3.05) is 26.8 Å². The minimum absolute atomic E-state index is 0.454. The summed E-state index contributed by atoms with van der Waals surface area (Å²) in [5, 5.41) is 3.38. The molecular formula is C15H26N2O2. The van der Waals surface area contributed by atoms with Crippen molar-refractivity contribution in [2.45, 2.75) is 33.0 Å². The number of hydrogen-bond donors (Lipinski definition) is 1. The van der Waals surface area contributed by atoms with E-state index in [2.05, 4.69) is 30.6 Å². The van der Waals surface area contributed by atoms with Crippen molar-refractivity contribution in [3.8, 4) is 0 Å². The highest BCUT2D eigenvalue weighted by atomic mass is 16.5. The molecule has 0 saturated carbocycles. The lowest BCUT2D eigenvalue weighted by molar-refractivity contribution is 0.150. The topological polar surface area (TPSA) is 37.6 Å². The average Bonchev–Trinajstić information content (AvgIpc) is 2.81. The third-order valence-corrected chi connectivity index (χ3v) is 2.90. The molecule has 0 fully saturated rings. The third-order valence-electron chi connectivity index (χ3n) is 2.90. The molecule has 0 amide bonds. The molecule has 0 saturated heterocycles. The van der Waals surface area contributed by atoms with Gasteiger partial charge in [0.05, 0.1) is 19.4 Å². The SMILES string of the molecule is C=CCN(CCOC)Cc1ccoc1CNC(C)C. The van der Waals surface area contributed by atoms with Gasteiger partial charge in [0, 0.05) is 38.3 Å². The van der Waals surface area contributed by atoms with Crippen molar-refractivity contribution in [3.05, 3.63) is 36.3 Å². The van der Waals surface area contributed by atoms with Crippen LogP contribution in [0.5, 0.6) is 0 Å². The summed E-state index contributed by atoms with van der Waals surface area (Å²) in [6, 6.07) is 2.50. The second kappa shape index (κ2) is 8.91. The second-order valence-corrected chi connectivity index (χ2v) is 4.92. The molecule has 108 valence electrons. The van der Waals surface area contributed by atoms with E-state index in [-0.39, 0.29) is 0 Å². The molecule has 1 N–H and O–H groups in total. The van der Waals surface area contributed by atoms with Gasteiger partial charge in [-0.1, -0.05) is 19.9 Å². The molecule has 0 aliphatic heterocycles. The van der Waals surface area contributed by atoms with E-state index in [9.17, 15) is 0 Å². The van der Waals surface area contributed by atoms with Crippen LogP contribution in [0.3, 0.4) is 0 Å². The first-order chi connectivity index (χ1) is 9.17. The molecule has 0 atom stereocenters. The predicted octanol–water partition coefficient (Wildman–Crippen LogP) is 2.41. The van der Waals surface area contributed by atoms with E-state index in [1.165, 1.54) is 5.56 Å². The fraction of sp³-hybridized carbons (Fsp3) is 0.600. The van der Waals surface area contributed by atoms with Crippen molar-refractivity contribution in [1.82, 2.24) is 10.2 Å². The summed E-state index contributed by atoms with van der Waals surface area (Å²) in [5.41, 5.74) is 1.23. The highest BCUT2D eigenvalue weighted by molar-refractivity contribution is 5.17. The first-order valence-electron chi connectivity index (χ1n) is 6.78. The van der Waals surface area contributed by atoms with E-state index in [4.69, 9.17) is 9.15 Å². The zero-order valence-electron chi connectivity index (χ0n) is 12.3. The molecule has 0 aromatic carbocycles. The van der Waals surface area contributed by atoms with Crippen LogP contribution >= 0.6 is 0 Å². The van der Waals surface area contributed by atoms with E-state index < -0.39 is 0 Å². The molecular weight excluding hydrogens is 240 g/mol. The summed E-state index contributed by atoms with van der Waals surface area (Å²) in [5.74, 6) is 1.01. The lowest BCUT2D eigenvalue weighted by atomic mass is 10.2. The van der Waals surface area contributed by atoms with Crippen LogP contribution in [0.1, 0.15) is 25.2 Å². The number of ether oxygens (including phenoxy) is 1. The molecule has 0 aliphatic carbocycles. The Morgan fingerprint density at radius 1 is 1.53 bits per heavy atom. The Hall–Kier alpha value is -1.10. The highest BCUT2D eigenvalue weighted by Gasteiger charge is 2.11. The van der Waals surface area contributed by atoms with Gasteiger partial charge < -0.3 is 14.5 Å². The molecule has 1 rings (SSSR count). The summed E-state index contributed by atoms with van der Waals surface area (Å²) < 4.78 is 10.7. The van der Waals surface area contributed by atoms with Crippen molar-refractivity contribution in [3.63, 3.8) is 0 Å². The average molecular weight is 266 g/mol. The van der Waals surface area contributed by atoms with Gasteiger partial charge in [0.15, 0.2) is 0 Å². The van der Waals surface area contributed by atoms with Gasteiger partial charge >= 0.3 is 0 Å². The Morgan fingerprint density at radius 2 is 2.32 bits per heavy atom. The van der Waals surface area contributed by atoms with Gasteiger partial charge in [0.1, 0.15) is 5.76 Å². The predicted molar refractivity (Wildman–Crippen MR) is 78.0 cm³/mol. The fourth-order valence-corrected chi connectivity index (χ4v) is 1.84. The number of furan rings is 1. The van der Waals surface area contributed by atoms with Crippen LogP contribution in [0.4, 0.5) is 0 Å². The van der Waals surface area contributed by atoms with Crippen LogP contribution in [-0.2, 0) is 17.8 Å². The summed E-state index contributed by atoms with van der Waals surface area (Å²) in [4.78, 5) is 2.29. The molecule has 0 radical (unpaired) electrons. The fourth-order valence-electron chi connectivity index (χ4n) is 1.84. The van der Waals surface area contributed by atoms with Crippen LogP contribution in [0.15, 0.2) is 29.4 Å². The number of nitrogens with one attached hydrogen (secondary N) is 1. The quantitative estimate of drug-likeness (QED) is 0.660. The van der Waals surface area contributed by atoms with Crippen LogP contribution in [0, 0.1) is 0 Å². The van der Waals surface area contributed by atoms with Gasteiger partial charge in [-0.25, -0.2) is 0 Å². The number of methoxy groups -OCH3 is 1. The number of rotatable bonds is 10. The van der Waals surface area contributed by atoms with E-state index in [1.54, 1.807) is 13.4 Å². The standard InChI is InChI=1S/C15H26N2O2/c1-5-7-17(8-10-18-4)12-14-6-9-19-15(14)11-16-13(2)3/h5-6,9,13,16H,1,7-8,10-12H2,2-4H3. The molecule has 19 heavy (non-hydrogen) atoms. The minimum atomic E-state index is 0.454. The Kier molecular flexibility index (Phi) is 7.48. The smallest absolute Gasteiger partial charge is 0.122 e. The molecule has 4 nitrogen and oxygen atoms in total. The van der Waals surface area contributed by atoms with Crippen molar-refractivity contribution in [2.24, 2.45) is 0 Å². The Balaban J connectivity index is 2.57.